The summed E-state index contributed by atoms with van der Waals surface area (Å²) in [6.07, 6.45) is 10.5. The summed E-state index contributed by atoms with van der Waals surface area (Å²) >= 11 is 0. The van der Waals surface area contributed by atoms with E-state index in [1.54, 1.807) is 0 Å². The largest absolute Gasteiger partial charge is 0.328 e. The van der Waals surface area contributed by atoms with E-state index < -0.39 is 0 Å². The van der Waals surface area contributed by atoms with Gasteiger partial charge in [0.2, 0.25) is 0 Å². The third-order valence-corrected chi connectivity index (χ3v) is 4.99. The minimum absolute atomic E-state index is 0.472. The highest BCUT2D eigenvalue weighted by Crippen LogP contribution is 2.17. The molecule has 4 heteroatoms. The van der Waals surface area contributed by atoms with Gasteiger partial charge in [-0.2, -0.15) is 0 Å². The maximum atomic E-state index is 5.80. The van der Waals surface area contributed by atoms with Gasteiger partial charge in [-0.15, -0.1) is 0 Å². The Morgan fingerprint density at radius 1 is 0.917 bits per heavy atom. The minimum Gasteiger partial charge on any atom is -0.328 e. The molecule has 0 atom stereocenters. The average Bonchev–Trinajstić information content (AvgIpc) is 2.55. The summed E-state index contributed by atoms with van der Waals surface area (Å²) in [4.78, 5) is 2.60. The molecule has 0 amide bonds. The van der Waals surface area contributed by atoms with E-state index in [0.717, 1.165) is 6.04 Å². The van der Waals surface area contributed by atoms with Crippen LogP contribution < -0.4 is 16.4 Å². The van der Waals surface area contributed by atoms with Crippen LogP contribution in [-0.4, -0.2) is 55.2 Å². The predicted molar refractivity (Wildman–Crippen MR) is 107 cm³/mol. The summed E-state index contributed by atoms with van der Waals surface area (Å²) in [7, 11) is 0. The van der Waals surface area contributed by atoms with Crippen molar-refractivity contribution in [2.75, 3.05) is 26.2 Å². The molecule has 1 saturated carbocycles. The zero-order valence-corrected chi connectivity index (χ0v) is 16.8. The van der Waals surface area contributed by atoms with Crippen LogP contribution in [0.1, 0.15) is 79.1 Å². The number of likely N-dealkylation sites (tertiary alicyclic amines) is 1. The molecule has 1 heterocycles. The van der Waals surface area contributed by atoms with Crippen molar-refractivity contribution in [2.24, 2.45) is 5.73 Å². The van der Waals surface area contributed by atoms with Crippen molar-refractivity contribution in [3.8, 4) is 0 Å². The van der Waals surface area contributed by atoms with E-state index in [1.807, 2.05) is 0 Å². The van der Waals surface area contributed by atoms with Crippen molar-refractivity contribution >= 4 is 0 Å². The maximum absolute atomic E-state index is 5.80. The molecular formula is C20H44N4. The van der Waals surface area contributed by atoms with Crippen LogP contribution in [0.5, 0.6) is 0 Å². The van der Waals surface area contributed by atoms with Gasteiger partial charge in [0.05, 0.1) is 0 Å². The van der Waals surface area contributed by atoms with Crippen LogP contribution in [0, 0.1) is 0 Å². The molecule has 0 radical (unpaired) electrons. The van der Waals surface area contributed by atoms with Crippen LogP contribution in [0.4, 0.5) is 0 Å². The lowest BCUT2D eigenvalue weighted by atomic mass is 9.91. The van der Waals surface area contributed by atoms with E-state index in [9.17, 15) is 0 Å². The maximum Gasteiger partial charge on any atom is 0.00705 e. The number of rotatable bonds is 7. The Hall–Kier alpha value is -0.160. The number of piperidine rings is 1. The fourth-order valence-electron chi connectivity index (χ4n) is 3.63. The Morgan fingerprint density at radius 2 is 1.54 bits per heavy atom. The molecular weight excluding hydrogens is 296 g/mol. The van der Waals surface area contributed by atoms with Crippen LogP contribution in [0.3, 0.4) is 0 Å². The van der Waals surface area contributed by atoms with Gasteiger partial charge in [0.1, 0.15) is 0 Å². The Kier molecular flexibility index (Phi) is 11.9. The molecule has 144 valence electrons. The van der Waals surface area contributed by atoms with Gasteiger partial charge >= 0.3 is 0 Å². The first-order chi connectivity index (χ1) is 11.5. The lowest BCUT2D eigenvalue weighted by molar-refractivity contribution is 0.225. The van der Waals surface area contributed by atoms with E-state index in [2.05, 4.69) is 43.2 Å². The van der Waals surface area contributed by atoms with Gasteiger partial charge in [0.25, 0.3) is 0 Å². The van der Waals surface area contributed by atoms with Gasteiger partial charge in [0.15, 0.2) is 0 Å². The molecule has 1 aliphatic carbocycles. The first-order valence-electron chi connectivity index (χ1n) is 10.4. The summed E-state index contributed by atoms with van der Waals surface area (Å²) in [6.45, 7) is 14.0. The molecule has 1 aliphatic heterocycles. The second-order valence-corrected chi connectivity index (χ2v) is 8.30. The van der Waals surface area contributed by atoms with E-state index in [0.29, 0.717) is 18.1 Å². The standard InChI is InChI=1S/C11H24N2.C9H20N2/c1-11(2)12-7-6-10-13-8-4-3-5-9-13;1-7(2)11-9-5-3-8(10)4-6-9/h11-12H,3-10H2,1-2H3;7-9,11H,3-6,10H2,1-2H3. The molecule has 24 heavy (non-hydrogen) atoms. The highest BCUT2D eigenvalue weighted by molar-refractivity contribution is 4.79. The van der Waals surface area contributed by atoms with Crippen LogP contribution >= 0.6 is 0 Å². The van der Waals surface area contributed by atoms with E-state index in [-0.39, 0.29) is 0 Å². The van der Waals surface area contributed by atoms with E-state index >= 15 is 0 Å². The lowest BCUT2D eigenvalue weighted by Gasteiger charge is -2.28. The fourth-order valence-corrected chi connectivity index (χ4v) is 3.63. The van der Waals surface area contributed by atoms with Crippen molar-refractivity contribution < 1.29 is 0 Å². The van der Waals surface area contributed by atoms with Crippen molar-refractivity contribution in [3.63, 3.8) is 0 Å². The Bertz CT molecular complexity index is 279. The molecule has 0 bridgehead atoms. The van der Waals surface area contributed by atoms with Gasteiger partial charge < -0.3 is 21.3 Å². The number of nitrogens with two attached hydrogens (primary N) is 1. The van der Waals surface area contributed by atoms with Gasteiger partial charge in [0, 0.05) is 24.2 Å². The van der Waals surface area contributed by atoms with Crippen LogP contribution in [0.25, 0.3) is 0 Å². The molecule has 0 spiro atoms. The molecule has 0 aromatic heterocycles. The molecule has 4 nitrogen and oxygen atoms in total. The highest BCUT2D eigenvalue weighted by atomic mass is 15.1. The zero-order chi connectivity index (χ0) is 17.8. The molecule has 2 rings (SSSR count). The summed E-state index contributed by atoms with van der Waals surface area (Å²) < 4.78 is 0. The van der Waals surface area contributed by atoms with Crippen LogP contribution in [0.2, 0.25) is 0 Å². The van der Waals surface area contributed by atoms with Gasteiger partial charge in [-0.3, -0.25) is 0 Å². The SMILES string of the molecule is CC(C)NC1CCC(N)CC1.CC(C)NCCCN1CCCCC1. The quantitative estimate of drug-likeness (QED) is 0.623. The van der Waals surface area contributed by atoms with E-state index in [1.165, 1.54) is 77.5 Å². The molecule has 0 aromatic carbocycles. The molecule has 2 fully saturated rings. The topological polar surface area (TPSA) is 53.3 Å². The van der Waals surface area contributed by atoms with Crippen LogP contribution in [-0.2, 0) is 0 Å². The minimum atomic E-state index is 0.472. The highest BCUT2D eigenvalue weighted by Gasteiger charge is 2.18. The Labute approximate surface area is 151 Å². The second kappa shape index (κ2) is 13.1. The average molecular weight is 341 g/mol. The third kappa shape index (κ3) is 11.4. The fraction of sp³-hybridized carbons (Fsp3) is 1.00. The summed E-state index contributed by atoms with van der Waals surface area (Å²) in [5, 5.41) is 7.01. The predicted octanol–water partition coefficient (Wildman–Crippen LogP) is 3.11. The normalized spacial score (nSPS) is 25.6. The monoisotopic (exact) mass is 340 g/mol. The number of hydrogen-bond donors (Lipinski definition) is 3. The summed E-state index contributed by atoms with van der Waals surface area (Å²) in [6, 6.07) is 2.46. The van der Waals surface area contributed by atoms with Crippen molar-refractivity contribution in [2.45, 2.75) is 103 Å². The van der Waals surface area contributed by atoms with Crippen molar-refractivity contribution in [3.05, 3.63) is 0 Å². The molecule has 4 N–H and O–H groups in total. The van der Waals surface area contributed by atoms with Gasteiger partial charge in [-0.25, -0.2) is 0 Å². The van der Waals surface area contributed by atoms with Crippen molar-refractivity contribution in [1.82, 2.24) is 15.5 Å². The summed E-state index contributed by atoms with van der Waals surface area (Å²) in [5.74, 6) is 0. The zero-order valence-electron chi connectivity index (χ0n) is 16.8. The van der Waals surface area contributed by atoms with E-state index in [4.69, 9.17) is 5.73 Å². The number of nitrogens with zero attached hydrogens (tertiary/aromatic N) is 1. The molecule has 2 aliphatic rings. The number of hydrogen-bond acceptors (Lipinski definition) is 4. The third-order valence-electron chi connectivity index (χ3n) is 4.99. The molecule has 1 saturated heterocycles. The first kappa shape index (κ1) is 21.9. The van der Waals surface area contributed by atoms with Crippen molar-refractivity contribution in [1.29, 1.82) is 0 Å². The van der Waals surface area contributed by atoms with Gasteiger partial charge in [-0.1, -0.05) is 34.1 Å². The molecule has 0 aromatic rings. The number of nitrogens with one attached hydrogen (secondary N) is 2. The van der Waals surface area contributed by atoms with Gasteiger partial charge in [-0.05, 0) is 71.1 Å². The smallest absolute Gasteiger partial charge is 0.00705 e. The summed E-state index contributed by atoms with van der Waals surface area (Å²) in [5.41, 5.74) is 5.80. The Balaban J connectivity index is 0.000000243. The lowest BCUT2D eigenvalue weighted by Crippen LogP contribution is -2.40. The molecule has 0 unspecified atom stereocenters. The first-order valence-corrected chi connectivity index (χ1v) is 10.4. The Morgan fingerprint density at radius 3 is 2.08 bits per heavy atom. The second-order valence-electron chi connectivity index (χ2n) is 8.30. The van der Waals surface area contributed by atoms with Crippen LogP contribution in [0.15, 0.2) is 0 Å².